The van der Waals surface area contributed by atoms with Gasteiger partial charge in [-0.05, 0) is 125 Å². The molecule has 38 heteroatoms. The molecule has 0 aliphatic carbocycles. The van der Waals surface area contributed by atoms with Crippen molar-refractivity contribution in [2.75, 3.05) is 5.32 Å². The molecule has 0 aromatic heterocycles. The Morgan fingerprint density at radius 2 is 0.821 bits per heavy atom. The zero-order chi connectivity index (χ0) is 57.3. The molecular formula is C46H25N8Na5O20S5. The summed E-state index contributed by atoms with van der Waals surface area (Å²) in [6, 6.07) is 22.1. The molecule has 0 saturated heterocycles. The molecule has 0 radical (unpaired) electrons. The van der Waals surface area contributed by atoms with Gasteiger partial charge in [-0.2, -0.15) is 5.11 Å². The van der Waals surface area contributed by atoms with Crippen molar-refractivity contribution < 1.29 is 233 Å². The van der Waals surface area contributed by atoms with Crippen LogP contribution in [0.5, 0.6) is 17.2 Å². The molecule has 0 saturated carbocycles. The zero-order valence-corrected chi connectivity index (χ0v) is 57.7. The van der Waals surface area contributed by atoms with Crippen molar-refractivity contribution in [2.45, 2.75) is 24.5 Å². The molecule has 0 aliphatic rings. The summed E-state index contributed by atoms with van der Waals surface area (Å²) in [6.07, 6.45) is 0. The van der Waals surface area contributed by atoms with Crippen molar-refractivity contribution in [3.63, 3.8) is 0 Å². The molecule has 0 unspecified atom stereocenters. The van der Waals surface area contributed by atoms with Gasteiger partial charge in [-0.15, -0.1) is 25.6 Å². The molecular weight excluding hydrogens is 1260 g/mol. The van der Waals surface area contributed by atoms with Gasteiger partial charge < -0.3 is 43.4 Å². The van der Waals surface area contributed by atoms with E-state index in [-0.39, 0.29) is 219 Å². The second kappa shape index (κ2) is 27.6. The standard InChI is InChI=1S/C46H30N8O20S5.5Na/c55-39-21-30(76(63,64)65)16-22-15-27(3-6-31(22)39)48-52-43-41(78(69,70)71)17-23-13-25(1-7-32(23)45(43)56)47-26-2-8-33-24(14-26)18-42(79(72,73)74)44(46(33)57)53-50-37-12-11-36(34-9-5-29(20-35(34)37)75(60,61)62)49-51-38-10-4-28(54(58)59)19-40(38)77(66,67)68;;;;;/h1-21,47,55-57H,(H,60,61,62)(H,63,64,65)(H,66,67,68)(H,69,70,71)(H,72,73,74);;;;;/q;5*+1/p-5. The van der Waals surface area contributed by atoms with Gasteiger partial charge in [-0.3, -0.25) is 10.1 Å². The van der Waals surface area contributed by atoms with Crippen molar-refractivity contribution in [3.8, 4) is 17.2 Å². The van der Waals surface area contributed by atoms with E-state index in [1.54, 1.807) is 0 Å². The number of non-ortho nitro benzene ring substituents is 1. The number of nitrogens with one attached hydrogen (secondary N) is 1. The number of benzene rings is 9. The molecule has 0 amide bonds. The van der Waals surface area contributed by atoms with Gasteiger partial charge in [0.15, 0.2) is 11.5 Å². The molecule has 84 heavy (non-hydrogen) atoms. The van der Waals surface area contributed by atoms with Gasteiger partial charge in [0, 0.05) is 50.4 Å². The number of rotatable bonds is 14. The Balaban J connectivity index is 0.00000303. The first-order valence-corrected chi connectivity index (χ1v) is 28.4. The van der Waals surface area contributed by atoms with E-state index in [1.165, 1.54) is 54.6 Å². The first-order chi connectivity index (χ1) is 36.8. The van der Waals surface area contributed by atoms with E-state index in [0.29, 0.717) is 6.07 Å². The monoisotopic (exact) mass is 1280 g/mol. The molecule has 0 spiro atoms. The summed E-state index contributed by atoms with van der Waals surface area (Å²) < 4.78 is 183. The number of nitro groups is 1. The van der Waals surface area contributed by atoms with Crippen LogP contribution in [0.4, 0.5) is 51.2 Å². The average Bonchev–Trinajstić information content (AvgIpc) is 3.35. The Bertz CT molecular complexity index is 4900. The second-order valence-electron chi connectivity index (χ2n) is 16.6. The molecule has 0 aliphatic heterocycles. The smallest absolute Gasteiger partial charge is 0.744 e. The van der Waals surface area contributed by atoms with Crippen LogP contribution in [0.1, 0.15) is 0 Å². The molecule has 9 aromatic rings. The third-order valence-electron chi connectivity index (χ3n) is 11.5. The predicted octanol–water partition coefficient (Wildman–Crippen LogP) is -6.15. The molecule has 0 bridgehead atoms. The number of fused-ring (bicyclic) bond motifs is 4. The maximum Gasteiger partial charge on any atom is 1.00 e. The summed E-state index contributed by atoms with van der Waals surface area (Å²) >= 11 is 0. The number of azo groups is 3. The first kappa shape index (κ1) is 72.4. The largest absolute Gasteiger partial charge is 1.00 e. The van der Waals surface area contributed by atoms with Gasteiger partial charge >= 0.3 is 148 Å². The molecule has 4 N–H and O–H groups in total. The van der Waals surface area contributed by atoms with Crippen LogP contribution in [0.15, 0.2) is 183 Å². The summed E-state index contributed by atoms with van der Waals surface area (Å²) in [6.45, 7) is 0. The van der Waals surface area contributed by atoms with Gasteiger partial charge in [0.25, 0.3) is 5.69 Å². The van der Waals surface area contributed by atoms with Gasteiger partial charge in [0.05, 0.1) is 46.5 Å². The van der Waals surface area contributed by atoms with Gasteiger partial charge in [0.1, 0.15) is 73.4 Å². The van der Waals surface area contributed by atoms with Gasteiger partial charge in [0.2, 0.25) is 0 Å². The third-order valence-corrected chi connectivity index (χ3v) is 15.8. The van der Waals surface area contributed by atoms with E-state index in [4.69, 9.17) is 0 Å². The van der Waals surface area contributed by atoms with E-state index < -0.39 is 120 Å². The maximum absolute atomic E-state index is 12.7. The van der Waals surface area contributed by atoms with Crippen molar-refractivity contribution >= 4 is 145 Å². The Morgan fingerprint density at radius 1 is 0.381 bits per heavy atom. The molecule has 0 atom stereocenters. The van der Waals surface area contributed by atoms with E-state index >= 15 is 0 Å². The number of hydrogen-bond acceptors (Lipinski definition) is 27. The van der Waals surface area contributed by atoms with Crippen LogP contribution in [0, 0.1) is 10.1 Å². The number of nitro benzene ring substituents is 1. The summed E-state index contributed by atoms with van der Waals surface area (Å²) in [4.78, 5) is 5.43. The summed E-state index contributed by atoms with van der Waals surface area (Å²) in [5.74, 6) is -2.27. The fourth-order valence-corrected chi connectivity index (χ4v) is 10.9. The Labute approximate surface area is 585 Å². The molecule has 0 heterocycles. The van der Waals surface area contributed by atoms with Crippen LogP contribution >= 0.6 is 0 Å². The first-order valence-electron chi connectivity index (χ1n) is 21.4. The fraction of sp³-hybridized carbons (Fsp3) is 0. The van der Waals surface area contributed by atoms with Crippen LogP contribution in [0.25, 0.3) is 43.1 Å². The number of anilines is 2. The van der Waals surface area contributed by atoms with E-state index in [9.17, 15) is 90.3 Å². The topological polar surface area (TPSA) is 476 Å². The van der Waals surface area contributed by atoms with E-state index in [0.717, 1.165) is 66.7 Å². The van der Waals surface area contributed by atoms with Crippen LogP contribution < -0.4 is 153 Å². The van der Waals surface area contributed by atoms with Crippen LogP contribution in [0.2, 0.25) is 0 Å². The molecule has 9 aromatic carbocycles. The maximum atomic E-state index is 12.7. The minimum absolute atomic E-state index is 0. The van der Waals surface area contributed by atoms with Crippen molar-refractivity contribution in [2.24, 2.45) is 30.7 Å². The van der Waals surface area contributed by atoms with Crippen LogP contribution in [0.3, 0.4) is 0 Å². The average molecular weight is 1290 g/mol. The number of hydrogen-bond donors (Lipinski definition) is 4. The minimum atomic E-state index is -5.53. The zero-order valence-electron chi connectivity index (χ0n) is 43.6. The predicted molar refractivity (Wildman–Crippen MR) is 270 cm³/mol. The van der Waals surface area contributed by atoms with E-state index in [1.807, 2.05) is 0 Å². The van der Waals surface area contributed by atoms with Crippen molar-refractivity contribution in [1.82, 2.24) is 0 Å². The Kier molecular flexibility index (Phi) is 23.8. The van der Waals surface area contributed by atoms with Crippen LogP contribution in [-0.2, 0) is 50.6 Å². The molecule has 28 nitrogen and oxygen atoms in total. The fourth-order valence-electron chi connectivity index (χ4n) is 7.96. The minimum Gasteiger partial charge on any atom is -0.744 e. The number of aromatic hydroxyl groups is 3. The van der Waals surface area contributed by atoms with Crippen molar-refractivity contribution in [3.05, 3.63) is 138 Å². The normalized spacial score (nSPS) is 12.2. The number of phenolic OH excluding ortho intramolecular Hbond substituents is 3. The van der Waals surface area contributed by atoms with Crippen molar-refractivity contribution in [1.29, 1.82) is 0 Å². The van der Waals surface area contributed by atoms with Crippen LogP contribution in [-0.4, -0.2) is 85.1 Å². The summed E-state index contributed by atoms with van der Waals surface area (Å²) in [7, 11) is -26.4. The molecule has 404 valence electrons. The van der Waals surface area contributed by atoms with Gasteiger partial charge in [-0.1, -0.05) is 6.07 Å². The summed E-state index contributed by atoms with van der Waals surface area (Å²) in [5, 5.41) is 69.7. The quantitative estimate of drug-likeness (QED) is 0.0259. The SMILES string of the molecule is O=[N+]([O-])c1ccc(N=Nc2ccc(N=Nc3c(S(=O)(=O)[O-])cc4cc(Nc5ccc6c(O)c(N=Nc7ccc8c(O)cc(S(=O)(=O)[O-])cc8c7)c(S(=O)(=O)[O-])cc6c5)ccc4c3O)c3cc(S(=O)(=O)[O-])ccc23)c(S(=O)(=O)[O-])c1.[Na+].[Na+].[Na+].[Na+].[Na+]. The number of nitrogens with zero attached hydrogens (tertiary/aromatic N) is 7. The Hall–Kier alpha value is -4.03. The van der Waals surface area contributed by atoms with E-state index in [2.05, 4.69) is 36.0 Å². The molecule has 9 rings (SSSR count). The Morgan fingerprint density at radius 3 is 1.32 bits per heavy atom. The number of phenols is 3. The molecule has 0 fully saturated rings. The van der Waals surface area contributed by atoms with Gasteiger partial charge in [-0.25, -0.2) is 42.1 Å². The third kappa shape index (κ3) is 15.8. The second-order valence-corrected chi connectivity index (χ2v) is 23.4. The summed E-state index contributed by atoms with van der Waals surface area (Å²) in [5.41, 5.74) is -3.38.